The third-order valence-corrected chi connectivity index (χ3v) is 4.34. The van der Waals surface area contributed by atoms with Crippen molar-refractivity contribution in [1.29, 1.82) is 0 Å². The molecule has 0 spiro atoms. The van der Waals surface area contributed by atoms with Crippen molar-refractivity contribution < 1.29 is 9.72 Å². The van der Waals surface area contributed by atoms with Crippen LogP contribution in [0.1, 0.15) is 36.5 Å². The van der Waals surface area contributed by atoms with Gasteiger partial charge in [-0.3, -0.25) is 14.9 Å². The van der Waals surface area contributed by atoms with E-state index >= 15 is 0 Å². The van der Waals surface area contributed by atoms with Gasteiger partial charge < -0.3 is 10.2 Å². The minimum Gasteiger partial charge on any atom is -0.370 e. The number of anilines is 1. The zero-order chi connectivity index (χ0) is 15.0. The Labute approximate surface area is 122 Å². The van der Waals surface area contributed by atoms with E-state index in [0.717, 1.165) is 25.8 Å². The lowest BCUT2D eigenvalue weighted by Crippen LogP contribution is -2.38. The van der Waals surface area contributed by atoms with Crippen molar-refractivity contribution in [2.24, 2.45) is 5.92 Å². The summed E-state index contributed by atoms with van der Waals surface area (Å²) in [4.78, 5) is 29.1. The number of fused-ring (bicyclic) bond motifs is 2. The number of piperidine rings is 1. The molecule has 1 aliphatic heterocycles. The largest absolute Gasteiger partial charge is 0.370 e. The predicted octanol–water partition coefficient (Wildman–Crippen LogP) is 2.05. The zero-order valence-electron chi connectivity index (χ0n) is 11.9. The van der Waals surface area contributed by atoms with Crippen molar-refractivity contribution in [2.45, 2.75) is 32.2 Å². The molecule has 2 bridgehead atoms. The molecule has 7 heteroatoms. The fourth-order valence-electron chi connectivity index (χ4n) is 3.37. The SMILES string of the molecule is CCNc1cc(C(=O)N2CC3CCC2C3)c([N+](=O)[O-])cn1. The molecule has 1 saturated carbocycles. The van der Waals surface area contributed by atoms with Crippen molar-refractivity contribution in [2.75, 3.05) is 18.4 Å². The average Bonchev–Trinajstić information content (AvgIpc) is 3.09. The fourth-order valence-corrected chi connectivity index (χ4v) is 3.37. The monoisotopic (exact) mass is 290 g/mol. The molecule has 1 N–H and O–H groups in total. The lowest BCUT2D eigenvalue weighted by atomic mass is 10.1. The molecule has 2 aliphatic rings. The van der Waals surface area contributed by atoms with Crippen LogP contribution in [0.4, 0.5) is 11.5 Å². The van der Waals surface area contributed by atoms with Crippen LogP contribution in [0.3, 0.4) is 0 Å². The summed E-state index contributed by atoms with van der Waals surface area (Å²) < 4.78 is 0. The second-order valence-corrected chi connectivity index (χ2v) is 5.66. The summed E-state index contributed by atoms with van der Waals surface area (Å²) >= 11 is 0. The van der Waals surface area contributed by atoms with Gasteiger partial charge in [0.15, 0.2) is 0 Å². The summed E-state index contributed by atoms with van der Waals surface area (Å²) in [6.07, 6.45) is 4.37. The maximum Gasteiger partial charge on any atom is 0.300 e. The molecule has 0 aromatic carbocycles. The van der Waals surface area contributed by atoms with Crippen molar-refractivity contribution in [3.8, 4) is 0 Å². The normalized spacial score (nSPS) is 23.4. The Hall–Kier alpha value is -2.18. The van der Waals surface area contributed by atoms with Gasteiger partial charge in [-0.15, -0.1) is 0 Å². The quantitative estimate of drug-likeness (QED) is 0.677. The Morgan fingerprint density at radius 3 is 2.95 bits per heavy atom. The molecule has 2 heterocycles. The zero-order valence-corrected chi connectivity index (χ0v) is 11.9. The molecule has 1 aromatic rings. The molecule has 7 nitrogen and oxygen atoms in total. The average molecular weight is 290 g/mol. The van der Waals surface area contributed by atoms with Gasteiger partial charge >= 0.3 is 0 Å². The molecule has 2 atom stereocenters. The van der Waals surface area contributed by atoms with E-state index in [1.54, 1.807) is 4.90 Å². The smallest absolute Gasteiger partial charge is 0.300 e. The van der Waals surface area contributed by atoms with Gasteiger partial charge in [0.25, 0.3) is 11.6 Å². The first-order chi connectivity index (χ1) is 10.1. The molecule has 1 aliphatic carbocycles. The van der Waals surface area contributed by atoms with Crippen LogP contribution < -0.4 is 5.32 Å². The molecule has 1 saturated heterocycles. The van der Waals surface area contributed by atoms with Gasteiger partial charge in [0, 0.05) is 25.2 Å². The highest BCUT2D eigenvalue weighted by Crippen LogP contribution is 2.38. The molecule has 21 heavy (non-hydrogen) atoms. The molecule has 3 rings (SSSR count). The summed E-state index contributed by atoms with van der Waals surface area (Å²) in [5.74, 6) is 0.819. The van der Waals surface area contributed by atoms with Crippen LogP contribution in [-0.2, 0) is 0 Å². The number of nitro groups is 1. The van der Waals surface area contributed by atoms with Crippen molar-refractivity contribution in [3.63, 3.8) is 0 Å². The maximum atomic E-state index is 12.7. The summed E-state index contributed by atoms with van der Waals surface area (Å²) in [6.45, 7) is 3.27. The van der Waals surface area contributed by atoms with Crippen LogP contribution >= 0.6 is 0 Å². The van der Waals surface area contributed by atoms with E-state index in [9.17, 15) is 14.9 Å². The first-order valence-corrected chi connectivity index (χ1v) is 7.29. The van der Waals surface area contributed by atoms with E-state index in [4.69, 9.17) is 0 Å². The Balaban J connectivity index is 1.93. The van der Waals surface area contributed by atoms with E-state index in [1.165, 1.54) is 12.3 Å². The summed E-state index contributed by atoms with van der Waals surface area (Å²) in [6, 6.07) is 1.74. The van der Waals surface area contributed by atoms with E-state index < -0.39 is 4.92 Å². The van der Waals surface area contributed by atoms with Gasteiger partial charge in [0.2, 0.25) is 0 Å². The van der Waals surface area contributed by atoms with Gasteiger partial charge in [-0.1, -0.05) is 0 Å². The number of hydrogen-bond donors (Lipinski definition) is 1. The van der Waals surface area contributed by atoms with Crippen molar-refractivity contribution >= 4 is 17.4 Å². The molecule has 2 unspecified atom stereocenters. The van der Waals surface area contributed by atoms with Crippen molar-refractivity contribution in [1.82, 2.24) is 9.88 Å². The number of aromatic nitrogens is 1. The van der Waals surface area contributed by atoms with E-state index in [0.29, 0.717) is 18.3 Å². The van der Waals surface area contributed by atoms with E-state index in [-0.39, 0.29) is 23.2 Å². The number of rotatable bonds is 4. The van der Waals surface area contributed by atoms with E-state index in [2.05, 4.69) is 10.3 Å². The molecule has 112 valence electrons. The predicted molar refractivity (Wildman–Crippen MR) is 77.2 cm³/mol. The van der Waals surface area contributed by atoms with Gasteiger partial charge in [-0.05, 0) is 32.1 Å². The number of carbonyl (C=O) groups is 1. The second-order valence-electron chi connectivity index (χ2n) is 5.66. The Morgan fingerprint density at radius 1 is 1.57 bits per heavy atom. The second kappa shape index (κ2) is 5.31. The van der Waals surface area contributed by atoms with Gasteiger partial charge in [0.05, 0.1) is 4.92 Å². The maximum absolute atomic E-state index is 12.7. The van der Waals surface area contributed by atoms with Crippen LogP contribution in [0.15, 0.2) is 12.3 Å². The lowest BCUT2D eigenvalue weighted by Gasteiger charge is -2.27. The standard InChI is InChI=1S/C14H18N4O3/c1-2-15-13-6-11(12(7-16-13)18(20)21)14(19)17-8-9-3-4-10(17)5-9/h6-7,9-10H,2-5,8H2,1H3,(H,15,16). The highest BCUT2D eigenvalue weighted by molar-refractivity contribution is 5.99. The van der Waals surface area contributed by atoms with Gasteiger partial charge in [-0.2, -0.15) is 0 Å². The Bertz CT molecular complexity index is 590. The molecular formula is C14H18N4O3. The third kappa shape index (κ3) is 2.43. The Morgan fingerprint density at radius 2 is 2.38 bits per heavy atom. The number of pyridine rings is 1. The molecule has 1 amide bonds. The summed E-state index contributed by atoms with van der Waals surface area (Å²) in [7, 11) is 0. The van der Waals surface area contributed by atoms with Crippen LogP contribution in [0.2, 0.25) is 0 Å². The minimum atomic E-state index is -0.537. The van der Waals surface area contributed by atoms with Crippen LogP contribution in [0.25, 0.3) is 0 Å². The number of nitrogens with zero attached hydrogens (tertiary/aromatic N) is 3. The summed E-state index contributed by atoms with van der Waals surface area (Å²) in [5.41, 5.74) is -0.0806. The Kier molecular flexibility index (Phi) is 3.48. The van der Waals surface area contributed by atoms with Gasteiger partial charge in [0.1, 0.15) is 17.6 Å². The molecule has 2 fully saturated rings. The van der Waals surface area contributed by atoms with Crippen LogP contribution in [-0.4, -0.2) is 39.8 Å². The third-order valence-electron chi connectivity index (χ3n) is 4.34. The first-order valence-electron chi connectivity index (χ1n) is 7.29. The van der Waals surface area contributed by atoms with E-state index in [1.807, 2.05) is 6.92 Å². The summed E-state index contributed by atoms with van der Waals surface area (Å²) in [5, 5.41) is 14.1. The topological polar surface area (TPSA) is 88.4 Å². The first kappa shape index (κ1) is 13.8. The minimum absolute atomic E-state index is 0.138. The van der Waals surface area contributed by atoms with Crippen LogP contribution in [0.5, 0.6) is 0 Å². The number of likely N-dealkylation sites (tertiary alicyclic amines) is 1. The molecule has 0 radical (unpaired) electrons. The number of nitrogens with one attached hydrogen (secondary N) is 1. The lowest BCUT2D eigenvalue weighted by molar-refractivity contribution is -0.385. The molecular weight excluding hydrogens is 272 g/mol. The van der Waals surface area contributed by atoms with Crippen LogP contribution in [0, 0.1) is 16.0 Å². The number of carbonyl (C=O) groups excluding carboxylic acids is 1. The van der Waals surface area contributed by atoms with Gasteiger partial charge in [-0.25, -0.2) is 4.98 Å². The number of hydrogen-bond acceptors (Lipinski definition) is 5. The highest BCUT2D eigenvalue weighted by atomic mass is 16.6. The van der Waals surface area contributed by atoms with Crippen molar-refractivity contribution in [3.05, 3.63) is 27.9 Å². The number of amides is 1. The fraction of sp³-hybridized carbons (Fsp3) is 0.571. The molecule has 1 aromatic heterocycles. The highest BCUT2D eigenvalue weighted by Gasteiger charge is 2.41.